The lowest BCUT2D eigenvalue weighted by molar-refractivity contribution is 0.172. The third kappa shape index (κ3) is 2.51. The van der Waals surface area contributed by atoms with Gasteiger partial charge in [-0.25, -0.2) is 9.37 Å². The van der Waals surface area contributed by atoms with Gasteiger partial charge in [-0.05, 0) is 80.4 Å². The van der Waals surface area contributed by atoms with E-state index in [4.69, 9.17) is 0 Å². The fourth-order valence-corrected chi connectivity index (χ4v) is 5.26. The van der Waals surface area contributed by atoms with Gasteiger partial charge >= 0.3 is 0 Å². The number of hydrogen-bond acceptors (Lipinski definition) is 3. The maximum Gasteiger partial charge on any atom is 0.138 e. The largest absolute Gasteiger partial charge is 0.306 e. The second kappa shape index (κ2) is 5.88. The van der Waals surface area contributed by atoms with Crippen molar-refractivity contribution >= 4 is 0 Å². The minimum absolute atomic E-state index is 0.0702. The zero-order chi connectivity index (χ0) is 18.7. The summed E-state index contributed by atoms with van der Waals surface area (Å²) in [6, 6.07) is 3.93. The zero-order valence-electron chi connectivity index (χ0n) is 16.5. The van der Waals surface area contributed by atoms with Gasteiger partial charge in [0.05, 0.1) is 0 Å². The fourth-order valence-electron chi connectivity index (χ4n) is 5.26. The van der Waals surface area contributed by atoms with Crippen LogP contribution in [0.3, 0.4) is 0 Å². The van der Waals surface area contributed by atoms with Gasteiger partial charge in [0.1, 0.15) is 18.0 Å². The molecule has 1 atom stereocenters. The summed E-state index contributed by atoms with van der Waals surface area (Å²) in [4.78, 5) is 6.95. The van der Waals surface area contributed by atoms with Crippen molar-refractivity contribution < 1.29 is 4.39 Å². The van der Waals surface area contributed by atoms with Gasteiger partial charge < -0.3 is 4.90 Å². The Labute approximate surface area is 155 Å². The van der Waals surface area contributed by atoms with E-state index in [2.05, 4.69) is 41.9 Å². The Bertz CT molecular complexity index is 831. The van der Waals surface area contributed by atoms with Gasteiger partial charge in [0.25, 0.3) is 0 Å². The van der Waals surface area contributed by atoms with Gasteiger partial charge in [-0.2, -0.15) is 5.10 Å². The Hall–Kier alpha value is -1.75. The monoisotopic (exact) mass is 356 g/mol. The second-order valence-corrected chi connectivity index (χ2v) is 8.96. The fraction of sp³-hybridized carbons (Fsp3) is 0.619. The van der Waals surface area contributed by atoms with Crippen LogP contribution in [0.5, 0.6) is 0 Å². The van der Waals surface area contributed by atoms with E-state index in [1.165, 1.54) is 11.1 Å². The first-order valence-electron chi connectivity index (χ1n) is 9.58. The summed E-state index contributed by atoms with van der Waals surface area (Å²) in [6.45, 7) is 8.55. The molecular formula is C21H29FN4. The highest BCUT2D eigenvalue weighted by molar-refractivity contribution is 5.48. The molecule has 0 bridgehead atoms. The maximum atomic E-state index is 14.5. The lowest BCUT2D eigenvalue weighted by Crippen LogP contribution is -2.40. The van der Waals surface area contributed by atoms with Crippen LogP contribution < -0.4 is 0 Å². The maximum absolute atomic E-state index is 14.5. The summed E-state index contributed by atoms with van der Waals surface area (Å²) in [5.74, 6) is 1.25. The number of piperidine rings is 1. The molecule has 0 N–H and O–H groups in total. The van der Waals surface area contributed by atoms with Crippen molar-refractivity contribution in [1.29, 1.82) is 0 Å². The SMILES string of the molecule is Cc1cc2c(cc1F)C1(CCN(C)CC1)CC2C(C)(C)c1ncnn1C. The molecule has 26 heavy (non-hydrogen) atoms. The second-order valence-electron chi connectivity index (χ2n) is 8.96. The Kier molecular flexibility index (Phi) is 3.99. The molecule has 1 aliphatic heterocycles. The molecule has 5 heteroatoms. The van der Waals surface area contributed by atoms with Gasteiger partial charge in [0.15, 0.2) is 0 Å². The molecule has 1 aromatic carbocycles. The van der Waals surface area contributed by atoms with Gasteiger partial charge in [0.2, 0.25) is 0 Å². The number of benzene rings is 1. The number of likely N-dealkylation sites (tertiary alicyclic amines) is 1. The van der Waals surface area contributed by atoms with Gasteiger partial charge in [-0.1, -0.05) is 19.9 Å². The normalized spacial score (nSPS) is 22.8. The first kappa shape index (κ1) is 17.7. The minimum atomic E-state index is -0.156. The van der Waals surface area contributed by atoms with Crippen LogP contribution in [0.2, 0.25) is 0 Å². The third-order valence-electron chi connectivity index (χ3n) is 6.98. The molecule has 1 saturated heterocycles. The van der Waals surface area contributed by atoms with E-state index >= 15 is 0 Å². The predicted octanol–water partition coefficient (Wildman–Crippen LogP) is 3.69. The predicted molar refractivity (Wildman–Crippen MR) is 101 cm³/mol. The Morgan fingerprint density at radius 1 is 1.19 bits per heavy atom. The van der Waals surface area contributed by atoms with Crippen LogP contribution in [-0.2, 0) is 17.9 Å². The van der Waals surface area contributed by atoms with Crippen LogP contribution >= 0.6 is 0 Å². The number of hydrogen-bond donors (Lipinski definition) is 0. The quantitative estimate of drug-likeness (QED) is 0.823. The highest BCUT2D eigenvalue weighted by atomic mass is 19.1. The van der Waals surface area contributed by atoms with Gasteiger partial charge in [0, 0.05) is 12.5 Å². The molecule has 1 aromatic heterocycles. The lowest BCUT2D eigenvalue weighted by Gasteiger charge is -2.40. The molecule has 1 aliphatic carbocycles. The molecule has 0 amide bonds. The van der Waals surface area contributed by atoms with E-state index in [1.54, 1.807) is 6.33 Å². The summed E-state index contributed by atoms with van der Waals surface area (Å²) >= 11 is 0. The van der Waals surface area contributed by atoms with Crippen molar-refractivity contribution in [2.45, 2.75) is 56.8 Å². The molecule has 2 aromatic rings. The van der Waals surface area contributed by atoms with Crippen LogP contribution in [0.4, 0.5) is 4.39 Å². The van der Waals surface area contributed by atoms with Gasteiger partial charge in [-0.3, -0.25) is 4.68 Å². The van der Waals surface area contributed by atoms with E-state index in [-0.39, 0.29) is 16.6 Å². The first-order valence-corrected chi connectivity index (χ1v) is 9.58. The van der Waals surface area contributed by atoms with Crippen LogP contribution in [0.1, 0.15) is 61.5 Å². The molecule has 2 aliphatic rings. The molecule has 1 fully saturated rings. The molecule has 140 valence electrons. The van der Waals surface area contributed by atoms with E-state index < -0.39 is 0 Å². The van der Waals surface area contributed by atoms with Crippen molar-refractivity contribution in [1.82, 2.24) is 19.7 Å². The average molecular weight is 356 g/mol. The highest BCUT2D eigenvalue weighted by Crippen LogP contribution is 2.57. The van der Waals surface area contributed by atoms with E-state index in [0.29, 0.717) is 5.92 Å². The number of rotatable bonds is 2. The molecule has 1 spiro atoms. The zero-order valence-corrected chi connectivity index (χ0v) is 16.5. The van der Waals surface area contributed by atoms with Crippen molar-refractivity contribution in [3.05, 3.63) is 46.8 Å². The van der Waals surface area contributed by atoms with Crippen LogP contribution in [-0.4, -0.2) is 39.8 Å². The topological polar surface area (TPSA) is 34.0 Å². The number of fused-ring (bicyclic) bond motifs is 2. The van der Waals surface area contributed by atoms with Crippen LogP contribution in [0.15, 0.2) is 18.5 Å². The molecule has 0 radical (unpaired) electrons. The number of aromatic nitrogens is 3. The standard InChI is InChI=1S/C21H29FN4/c1-14-10-15-16(11-18(14)22)21(6-8-25(4)9-7-21)12-17(15)20(2,3)19-23-13-24-26(19)5/h10-11,13,17H,6-9,12H2,1-5H3. The molecule has 4 rings (SSSR count). The van der Waals surface area contributed by atoms with Crippen LogP contribution in [0, 0.1) is 12.7 Å². The van der Waals surface area contributed by atoms with Crippen molar-refractivity contribution in [3.63, 3.8) is 0 Å². The molecule has 0 saturated carbocycles. The Morgan fingerprint density at radius 2 is 1.88 bits per heavy atom. The van der Waals surface area contributed by atoms with Crippen LogP contribution in [0.25, 0.3) is 0 Å². The van der Waals surface area contributed by atoms with E-state index in [1.807, 2.05) is 24.7 Å². The summed E-state index contributed by atoms with van der Waals surface area (Å²) in [7, 11) is 4.14. The lowest BCUT2D eigenvalue weighted by atomic mass is 9.69. The smallest absolute Gasteiger partial charge is 0.138 e. The van der Waals surface area contributed by atoms with Crippen molar-refractivity contribution in [2.75, 3.05) is 20.1 Å². The van der Waals surface area contributed by atoms with Gasteiger partial charge in [-0.15, -0.1) is 0 Å². The average Bonchev–Trinajstić information content (AvgIpc) is 3.15. The summed E-state index contributed by atoms with van der Waals surface area (Å²) in [5.41, 5.74) is 3.25. The summed E-state index contributed by atoms with van der Waals surface area (Å²) in [5, 5.41) is 4.29. The minimum Gasteiger partial charge on any atom is -0.306 e. The third-order valence-corrected chi connectivity index (χ3v) is 6.98. The number of halogens is 1. The Balaban J connectivity index is 1.84. The van der Waals surface area contributed by atoms with E-state index in [0.717, 1.165) is 43.7 Å². The van der Waals surface area contributed by atoms with Crippen molar-refractivity contribution in [2.24, 2.45) is 7.05 Å². The molecule has 1 unspecified atom stereocenters. The first-order chi connectivity index (χ1) is 12.2. The number of nitrogens with zero attached hydrogens (tertiary/aromatic N) is 4. The molecule has 4 nitrogen and oxygen atoms in total. The molecule has 2 heterocycles. The van der Waals surface area contributed by atoms with Crippen molar-refractivity contribution in [3.8, 4) is 0 Å². The van der Waals surface area contributed by atoms with E-state index in [9.17, 15) is 4.39 Å². The molecular weight excluding hydrogens is 327 g/mol. The summed E-state index contributed by atoms with van der Waals surface area (Å²) < 4.78 is 16.4. The summed E-state index contributed by atoms with van der Waals surface area (Å²) in [6.07, 6.45) is 4.90. The highest BCUT2D eigenvalue weighted by Gasteiger charge is 2.51. The number of aryl methyl sites for hydroxylation is 2. The Morgan fingerprint density at radius 3 is 2.50 bits per heavy atom.